The van der Waals surface area contributed by atoms with Gasteiger partial charge in [-0.05, 0) is 45.7 Å². The Labute approximate surface area is 113 Å². The molecule has 0 aromatic heterocycles. The molecule has 1 unspecified atom stereocenters. The standard InChI is InChI=1S/C16H31NO/c1-5-10-14(2)13-15(18)16(3,4)17-11-8-6-7-9-12-17/h14H,5-13H2,1-4H3. The first-order valence-corrected chi connectivity index (χ1v) is 7.76. The minimum absolute atomic E-state index is 0.258. The third kappa shape index (κ3) is 4.38. The Morgan fingerprint density at radius 2 is 1.72 bits per heavy atom. The summed E-state index contributed by atoms with van der Waals surface area (Å²) in [5.41, 5.74) is -0.258. The average Bonchev–Trinajstić information content (AvgIpc) is 2.57. The highest BCUT2D eigenvalue weighted by atomic mass is 16.1. The van der Waals surface area contributed by atoms with E-state index in [-0.39, 0.29) is 5.54 Å². The van der Waals surface area contributed by atoms with Crippen LogP contribution in [0.2, 0.25) is 0 Å². The van der Waals surface area contributed by atoms with Crippen LogP contribution < -0.4 is 0 Å². The van der Waals surface area contributed by atoms with Crippen LogP contribution in [0.3, 0.4) is 0 Å². The second-order valence-corrected chi connectivity index (χ2v) is 6.48. The Morgan fingerprint density at radius 3 is 2.22 bits per heavy atom. The molecule has 0 bridgehead atoms. The molecule has 1 heterocycles. The topological polar surface area (TPSA) is 20.3 Å². The molecule has 0 amide bonds. The molecule has 1 saturated heterocycles. The summed E-state index contributed by atoms with van der Waals surface area (Å²) in [7, 11) is 0. The molecular formula is C16H31NO. The van der Waals surface area contributed by atoms with Crippen LogP contribution in [-0.4, -0.2) is 29.3 Å². The van der Waals surface area contributed by atoms with E-state index in [1.165, 1.54) is 38.5 Å². The van der Waals surface area contributed by atoms with E-state index in [1.54, 1.807) is 0 Å². The molecule has 1 aliphatic rings. The molecule has 0 aliphatic carbocycles. The van der Waals surface area contributed by atoms with Crippen LogP contribution in [0.5, 0.6) is 0 Å². The number of hydrogen-bond donors (Lipinski definition) is 0. The lowest BCUT2D eigenvalue weighted by Crippen LogP contribution is -2.50. The van der Waals surface area contributed by atoms with Crippen LogP contribution in [0.4, 0.5) is 0 Å². The first-order valence-electron chi connectivity index (χ1n) is 7.76. The van der Waals surface area contributed by atoms with Crippen LogP contribution in [0.25, 0.3) is 0 Å². The lowest BCUT2D eigenvalue weighted by Gasteiger charge is -2.37. The van der Waals surface area contributed by atoms with E-state index in [4.69, 9.17) is 0 Å². The van der Waals surface area contributed by atoms with E-state index >= 15 is 0 Å². The normalized spacial score (nSPS) is 20.4. The maximum atomic E-state index is 12.5. The summed E-state index contributed by atoms with van der Waals surface area (Å²) < 4.78 is 0. The van der Waals surface area contributed by atoms with Crippen molar-refractivity contribution in [2.75, 3.05) is 13.1 Å². The first-order chi connectivity index (χ1) is 8.48. The lowest BCUT2D eigenvalue weighted by atomic mass is 9.88. The molecule has 0 aromatic carbocycles. The number of likely N-dealkylation sites (tertiary alicyclic amines) is 1. The van der Waals surface area contributed by atoms with Crippen molar-refractivity contribution in [1.29, 1.82) is 0 Å². The van der Waals surface area contributed by atoms with Crippen molar-refractivity contribution in [3.8, 4) is 0 Å². The minimum atomic E-state index is -0.258. The van der Waals surface area contributed by atoms with Crippen LogP contribution in [0.1, 0.15) is 72.6 Å². The van der Waals surface area contributed by atoms with Crippen molar-refractivity contribution in [3.63, 3.8) is 0 Å². The summed E-state index contributed by atoms with van der Waals surface area (Å²) in [6, 6.07) is 0. The molecule has 0 spiro atoms. The number of rotatable bonds is 6. The largest absolute Gasteiger partial charge is 0.298 e. The summed E-state index contributed by atoms with van der Waals surface area (Å²) in [6.45, 7) is 10.8. The Morgan fingerprint density at radius 1 is 1.17 bits per heavy atom. The van der Waals surface area contributed by atoms with Gasteiger partial charge < -0.3 is 0 Å². The fraction of sp³-hybridized carbons (Fsp3) is 0.938. The molecule has 2 nitrogen and oxygen atoms in total. The van der Waals surface area contributed by atoms with Gasteiger partial charge in [0.1, 0.15) is 0 Å². The predicted octanol–water partition coefficient (Wildman–Crippen LogP) is 4.04. The maximum absolute atomic E-state index is 12.5. The number of nitrogens with zero attached hydrogens (tertiary/aromatic N) is 1. The molecule has 1 fully saturated rings. The van der Waals surface area contributed by atoms with Crippen LogP contribution in [0, 0.1) is 5.92 Å². The van der Waals surface area contributed by atoms with Crippen LogP contribution in [-0.2, 0) is 4.79 Å². The van der Waals surface area contributed by atoms with E-state index in [9.17, 15) is 4.79 Å². The zero-order chi connectivity index (χ0) is 13.6. The highest BCUT2D eigenvalue weighted by molar-refractivity contribution is 5.87. The third-order valence-corrected chi connectivity index (χ3v) is 4.39. The average molecular weight is 253 g/mol. The van der Waals surface area contributed by atoms with Gasteiger partial charge in [-0.25, -0.2) is 0 Å². The van der Waals surface area contributed by atoms with Crippen molar-refractivity contribution in [1.82, 2.24) is 4.90 Å². The van der Waals surface area contributed by atoms with Gasteiger partial charge in [-0.2, -0.15) is 0 Å². The summed E-state index contributed by atoms with van der Waals surface area (Å²) in [6.07, 6.45) is 8.25. The van der Waals surface area contributed by atoms with Crippen molar-refractivity contribution < 1.29 is 4.79 Å². The molecule has 1 aliphatic heterocycles. The highest BCUT2D eigenvalue weighted by Crippen LogP contribution is 2.24. The molecule has 1 rings (SSSR count). The van der Waals surface area contributed by atoms with Gasteiger partial charge in [0.25, 0.3) is 0 Å². The lowest BCUT2D eigenvalue weighted by molar-refractivity contribution is -0.130. The molecule has 0 saturated carbocycles. The molecule has 0 N–H and O–H groups in total. The van der Waals surface area contributed by atoms with Gasteiger partial charge in [-0.1, -0.05) is 39.5 Å². The minimum Gasteiger partial charge on any atom is -0.298 e. The van der Waals surface area contributed by atoms with E-state index in [0.717, 1.165) is 19.5 Å². The maximum Gasteiger partial charge on any atom is 0.152 e. The number of carbonyl (C=O) groups excluding carboxylic acids is 1. The van der Waals surface area contributed by atoms with Crippen LogP contribution in [0.15, 0.2) is 0 Å². The second kappa shape index (κ2) is 7.28. The highest BCUT2D eigenvalue weighted by Gasteiger charge is 2.34. The number of Topliss-reactive ketones (excluding diaryl/α,β-unsaturated/α-hetero) is 1. The molecular weight excluding hydrogens is 222 g/mol. The summed E-state index contributed by atoms with van der Waals surface area (Å²) in [4.78, 5) is 14.9. The molecule has 1 atom stereocenters. The molecule has 106 valence electrons. The van der Waals surface area contributed by atoms with Crippen LogP contribution >= 0.6 is 0 Å². The molecule has 0 radical (unpaired) electrons. The SMILES string of the molecule is CCCC(C)CC(=O)C(C)(C)N1CCCCCC1. The van der Waals surface area contributed by atoms with Crippen molar-refractivity contribution in [2.45, 2.75) is 78.2 Å². The summed E-state index contributed by atoms with van der Waals surface area (Å²) in [5, 5.41) is 0. The Bertz CT molecular complexity index is 252. The fourth-order valence-electron chi connectivity index (χ4n) is 2.97. The van der Waals surface area contributed by atoms with Gasteiger partial charge in [-0.3, -0.25) is 9.69 Å². The second-order valence-electron chi connectivity index (χ2n) is 6.48. The van der Waals surface area contributed by atoms with Gasteiger partial charge in [-0.15, -0.1) is 0 Å². The predicted molar refractivity (Wildman–Crippen MR) is 77.8 cm³/mol. The van der Waals surface area contributed by atoms with E-state index in [1.807, 2.05) is 0 Å². The van der Waals surface area contributed by atoms with E-state index < -0.39 is 0 Å². The zero-order valence-electron chi connectivity index (χ0n) is 12.8. The van der Waals surface area contributed by atoms with E-state index in [0.29, 0.717) is 11.7 Å². The zero-order valence-corrected chi connectivity index (χ0v) is 12.8. The van der Waals surface area contributed by atoms with Gasteiger partial charge in [0, 0.05) is 6.42 Å². The molecule has 18 heavy (non-hydrogen) atoms. The van der Waals surface area contributed by atoms with Gasteiger partial charge in [0.05, 0.1) is 5.54 Å². The molecule has 2 heteroatoms. The smallest absolute Gasteiger partial charge is 0.152 e. The third-order valence-electron chi connectivity index (χ3n) is 4.39. The van der Waals surface area contributed by atoms with Gasteiger partial charge >= 0.3 is 0 Å². The number of carbonyl (C=O) groups is 1. The first kappa shape index (κ1) is 15.7. The molecule has 0 aromatic rings. The fourth-order valence-corrected chi connectivity index (χ4v) is 2.97. The Kier molecular flexibility index (Phi) is 6.34. The van der Waals surface area contributed by atoms with Crippen molar-refractivity contribution in [2.24, 2.45) is 5.92 Å². The summed E-state index contributed by atoms with van der Waals surface area (Å²) >= 11 is 0. The Hall–Kier alpha value is -0.370. The van der Waals surface area contributed by atoms with Gasteiger partial charge in [0.15, 0.2) is 5.78 Å². The Balaban J connectivity index is 2.56. The quantitative estimate of drug-likeness (QED) is 0.712. The van der Waals surface area contributed by atoms with E-state index in [2.05, 4.69) is 32.6 Å². The van der Waals surface area contributed by atoms with Gasteiger partial charge in [0.2, 0.25) is 0 Å². The number of hydrogen-bond acceptors (Lipinski definition) is 2. The van der Waals surface area contributed by atoms with Crippen molar-refractivity contribution in [3.05, 3.63) is 0 Å². The number of ketones is 1. The monoisotopic (exact) mass is 253 g/mol. The van der Waals surface area contributed by atoms with Crippen molar-refractivity contribution >= 4 is 5.78 Å². The summed E-state index contributed by atoms with van der Waals surface area (Å²) in [5.74, 6) is 0.971.